The normalized spacial score (nSPS) is 10.6. The van der Waals surface area contributed by atoms with Gasteiger partial charge >= 0.3 is 5.97 Å². The molecule has 0 aliphatic heterocycles. The van der Waals surface area contributed by atoms with Crippen LogP contribution in [0.4, 0.5) is 0 Å². The number of thioether (sulfide) groups is 1. The van der Waals surface area contributed by atoms with E-state index in [-0.39, 0.29) is 5.97 Å². The van der Waals surface area contributed by atoms with E-state index in [0.717, 1.165) is 28.7 Å². The van der Waals surface area contributed by atoms with Crippen molar-refractivity contribution in [2.75, 3.05) is 7.11 Å². The van der Waals surface area contributed by atoms with Gasteiger partial charge in [0.1, 0.15) is 0 Å². The highest BCUT2D eigenvalue weighted by Crippen LogP contribution is 2.27. The van der Waals surface area contributed by atoms with Crippen molar-refractivity contribution in [2.45, 2.75) is 24.4 Å². The molecule has 6 heteroatoms. The van der Waals surface area contributed by atoms with E-state index in [9.17, 15) is 4.79 Å². The van der Waals surface area contributed by atoms with E-state index in [1.54, 1.807) is 17.8 Å². The lowest BCUT2D eigenvalue weighted by atomic mass is 10.1. The fraction of sp³-hybridized carbons (Fsp3) is 0.211. The zero-order valence-electron chi connectivity index (χ0n) is 14.2. The zero-order chi connectivity index (χ0) is 17.6. The molecule has 0 bridgehead atoms. The van der Waals surface area contributed by atoms with E-state index in [0.29, 0.717) is 11.3 Å². The number of rotatable bonds is 6. The summed E-state index contributed by atoms with van der Waals surface area (Å²) in [5, 5.41) is 9.51. The number of esters is 1. The number of benzene rings is 2. The zero-order valence-corrected chi connectivity index (χ0v) is 15.0. The molecule has 0 fully saturated rings. The number of nitrogens with zero attached hydrogens (tertiary/aromatic N) is 3. The summed E-state index contributed by atoms with van der Waals surface area (Å²) in [7, 11) is 1.39. The van der Waals surface area contributed by atoms with Crippen LogP contribution in [0.3, 0.4) is 0 Å². The summed E-state index contributed by atoms with van der Waals surface area (Å²) in [6, 6.07) is 17.5. The fourth-order valence-corrected chi connectivity index (χ4v) is 3.59. The maximum absolute atomic E-state index is 11.9. The van der Waals surface area contributed by atoms with Crippen LogP contribution in [0.25, 0.3) is 11.4 Å². The van der Waals surface area contributed by atoms with Crippen molar-refractivity contribution in [3.63, 3.8) is 0 Å². The molecule has 2 aromatic carbocycles. The van der Waals surface area contributed by atoms with Gasteiger partial charge in [0.25, 0.3) is 0 Å². The summed E-state index contributed by atoms with van der Waals surface area (Å²) >= 11 is 1.56. The van der Waals surface area contributed by atoms with Crippen LogP contribution in [0, 0.1) is 0 Å². The quantitative estimate of drug-likeness (QED) is 0.494. The van der Waals surface area contributed by atoms with Gasteiger partial charge < -0.3 is 9.30 Å². The molecule has 3 rings (SSSR count). The number of carbonyl (C=O) groups is 1. The number of carbonyl (C=O) groups excluding carboxylic acids is 1. The highest BCUT2D eigenvalue weighted by atomic mass is 32.2. The molecule has 128 valence electrons. The third-order valence-electron chi connectivity index (χ3n) is 3.84. The molecule has 0 amide bonds. The van der Waals surface area contributed by atoms with Crippen molar-refractivity contribution < 1.29 is 9.53 Å². The Balaban J connectivity index is 1.84. The summed E-state index contributed by atoms with van der Waals surface area (Å²) in [6.45, 7) is 2.85. The van der Waals surface area contributed by atoms with Gasteiger partial charge in [-0.25, -0.2) is 4.79 Å². The number of aromatic nitrogens is 3. The third kappa shape index (κ3) is 3.74. The van der Waals surface area contributed by atoms with Gasteiger partial charge in [-0.3, -0.25) is 0 Å². The van der Waals surface area contributed by atoms with Crippen molar-refractivity contribution in [3.05, 3.63) is 65.7 Å². The lowest BCUT2D eigenvalue weighted by Crippen LogP contribution is -2.05. The minimum Gasteiger partial charge on any atom is -0.465 e. The van der Waals surface area contributed by atoms with E-state index < -0.39 is 0 Å². The first-order chi connectivity index (χ1) is 12.2. The van der Waals surface area contributed by atoms with E-state index in [1.165, 1.54) is 7.11 Å². The predicted molar refractivity (Wildman–Crippen MR) is 98.5 cm³/mol. The molecule has 0 spiro atoms. The first-order valence-corrected chi connectivity index (χ1v) is 9.00. The number of hydrogen-bond donors (Lipinski definition) is 0. The summed E-state index contributed by atoms with van der Waals surface area (Å²) in [4.78, 5) is 11.9. The lowest BCUT2D eigenvalue weighted by Gasteiger charge is -2.09. The lowest BCUT2D eigenvalue weighted by molar-refractivity contribution is 0.0600. The van der Waals surface area contributed by atoms with Gasteiger partial charge in [0.05, 0.1) is 12.7 Å². The molecule has 25 heavy (non-hydrogen) atoms. The SMILES string of the molecule is CCn1c(SCc2ccccc2C(=O)OC)nnc1-c1ccccc1. The van der Waals surface area contributed by atoms with Crippen LogP contribution >= 0.6 is 11.8 Å². The first kappa shape index (κ1) is 17.2. The summed E-state index contributed by atoms with van der Waals surface area (Å²) in [5.74, 6) is 1.16. The molecular weight excluding hydrogens is 334 g/mol. The van der Waals surface area contributed by atoms with Crippen LogP contribution in [-0.4, -0.2) is 27.8 Å². The highest BCUT2D eigenvalue weighted by Gasteiger charge is 2.15. The molecule has 0 N–H and O–H groups in total. The van der Waals surface area contributed by atoms with E-state index in [2.05, 4.69) is 21.7 Å². The second-order valence-corrected chi connectivity index (χ2v) is 6.30. The van der Waals surface area contributed by atoms with Crippen LogP contribution in [0.5, 0.6) is 0 Å². The first-order valence-electron chi connectivity index (χ1n) is 8.02. The van der Waals surface area contributed by atoms with Gasteiger partial charge in [-0.2, -0.15) is 0 Å². The van der Waals surface area contributed by atoms with Gasteiger partial charge in [-0.1, -0.05) is 60.3 Å². The van der Waals surface area contributed by atoms with Gasteiger partial charge in [0.15, 0.2) is 11.0 Å². The molecule has 0 aliphatic carbocycles. The van der Waals surface area contributed by atoms with Crippen molar-refractivity contribution in [3.8, 4) is 11.4 Å². The standard InChI is InChI=1S/C19H19N3O2S/c1-3-22-17(14-9-5-4-6-10-14)20-21-19(22)25-13-15-11-7-8-12-16(15)18(23)24-2/h4-12H,3,13H2,1-2H3. The molecule has 0 radical (unpaired) electrons. The summed E-state index contributed by atoms with van der Waals surface area (Å²) < 4.78 is 6.94. The van der Waals surface area contributed by atoms with Gasteiger partial charge in [0, 0.05) is 17.9 Å². The van der Waals surface area contributed by atoms with Gasteiger partial charge in [-0.15, -0.1) is 10.2 Å². The Bertz CT molecular complexity index is 862. The Hall–Kier alpha value is -2.60. The van der Waals surface area contributed by atoms with Crippen LogP contribution in [0.15, 0.2) is 59.8 Å². The Labute approximate surface area is 151 Å². The van der Waals surface area contributed by atoms with Crippen molar-refractivity contribution in [2.24, 2.45) is 0 Å². The summed E-state index contributed by atoms with van der Waals surface area (Å²) in [6.07, 6.45) is 0. The third-order valence-corrected chi connectivity index (χ3v) is 4.86. The maximum Gasteiger partial charge on any atom is 0.338 e. The topological polar surface area (TPSA) is 57.0 Å². The highest BCUT2D eigenvalue weighted by molar-refractivity contribution is 7.98. The molecule has 0 saturated carbocycles. The molecule has 1 aromatic heterocycles. The largest absolute Gasteiger partial charge is 0.465 e. The molecule has 0 atom stereocenters. The Kier molecular flexibility index (Phi) is 5.50. The maximum atomic E-state index is 11.9. The molecule has 3 aromatic rings. The van der Waals surface area contributed by atoms with Crippen LogP contribution < -0.4 is 0 Å². The second kappa shape index (κ2) is 7.98. The average Bonchev–Trinajstić information content (AvgIpc) is 3.09. The average molecular weight is 353 g/mol. The fourth-order valence-electron chi connectivity index (χ4n) is 2.58. The second-order valence-electron chi connectivity index (χ2n) is 5.35. The van der Waals surface area contributed by atoms with Gasteiger partial charge in [0.2, 0.25) is 0 Å². The van der Waals surface area contributed by atoms with Crippen molar-refractivity contribution in [1.82, 2.24) is 14.8 Å². The molecule has 0 saturated heterocycles. The monoisotopic (exact) mass is 353 g/mol. The molecular formula is C19H19N3O2S. The van der Waals surface area contributed by atoms with Crippen molar-refractivity contribution >= 4 is 17.7 Å². The summed E-state index contributed by atoms with van der Waals surface area (Å²) in [5.41, 5.74) is 2.55. The van der Waals surface area contributed by atoms with E-state index in [4.69, 9.17) is 4.74 Å². The molecule has 1 heterocycles. The Morgan fingerprint density at radius 2 is 1.80 bits per heavy atom. The van der Waals surface area contributed by atoms with E-state index >= 15 is 0 Å². The van der Waals surface area contributed by atoms with Crippen LogP contribution in [0.1, 0.15) is 22.8 Å². The molecule has 5 nitrogen and oxygen atoms in total. The van der Waals surface area contributed by atoms with Crippen LogP contribution in [-0.2, 0) is 17.0 Å². The number of ether oxygens (including phenoxy) is 1. The predicted octanol–water partition coefficient (Wildman–Crippen LogP) is 4.04. The number of methoxy groups -OCH3 is 1. The van der Waals surface area contributed by atoms with E-state index in [1.807, 2.05) is 48.5 Å². The molecule has 0 unspecified atom stereocenters. The van der Waals surface area contributed by atoms with Crippen LogP contribution in [0.2, 0.25) is 0 Å². The molecule has 0 aliphatic rings. The Morgan fingerprint density at radius 3 is 2.52 bits per heavy atom. The number of hydrogen-bond acceptors (Lipinski definition) is 5. The smallest absolute Gasteiger partial charge is 0.338 e. The van der Waals surface area contributed by atoms with Crippen molar-refractivity contribution in [1.29, 1.82) is 0 Å². The minimum atomic E-state index is -0.321. The minimum absolute atomic E-state index is 0.321. The van der Waals surface area contributed by atoms with Gasteiger partial charge in [-0.05, 0) is 18.6 Å². The Morgan fingerprint density at radius 1 is 1.08 bits per heavy atom.